The monoisotopic (exact) mass is 268 g/mol. The van der Waals surface area contributed by atoms with Gasteiger partial charge in [-0.25, -0.2) is 14.8 Å². The maximum atomic E-state index is 11.8. The smallest absolute Gasteiger partial charge is 0.279 e. The first-order valence-corrected chi connectivity index (χ1v) is 6.09. The summed E-state index contributed by atoms with van der Waals surface area (Å²) < 4.78 is 1.27. The minimum Gasteiger partial charge on any atom is -0.279 e. The Morgan fingerprint density at radius 3 is 2.55 bits per heavy atom. The Morgan fingerprint density at radius 1 is 1.15 bits per heavy atom. The van der Waals surface area contributed by atoms with Gasteiger partial charge in [0.1, 0.15) is 0 Å². The molecule has 2 aromatic heterocycles. The molecule has 0 unspecified atom stereocenters. The summed E-state index contributed by atoms with van der Waals surface area (Å²) in [6, 6.07) is 7.76. The lowest BCUT2D eigenvalue weighted by Gasteiger charge is -2.05. The number of aromatic amines is 1. The highest BCUT2D eigenvalue weighted by Crippen LogP contribution is 2.17. The highest BCUT2D eigenvalue weighted by molar-refractivity contribution is 5.72. The van der Waals surface area contributed by atoms with Crippen LogP contribution in [0.2, 0.25) is 0 Å². The molecule has 100 valence electrons. The Bertz CT molecular complexity index is 907. The number of nitrogens with one attached hydrogen (secondary N) is 1. The summed E-state index contributed by atoms with van der Waals surface area (Å²) in [5.74, 6) is 0. The second-order valence-corrected chi connectivity index (χ2v) is 4.61. The van der Waals surface area contributed by atoms with Crippen LogP contribution in [0.25, 0.3) is 22.4 Å². The van der Waals surface area contributed by atoms with Crippen LogP contribution >= 0.6 is 0 Å². The van der Waals surface area contributed by atoms with Gasteiger partial charge in [0.2, 0.25) is 0 Å². The van der Waals surface area contributed by atoms with Crippen LogP contribution < -0.4 is 11.2 Å². The molecule has 0 saturated carbocycles. The van der Waals surface area contributed by atoms with Crippen molar-refractivity contribution in [1.29, 1.82) is 0 Å². The highest BCUT2D eigenvalue weighted by atomic mass is 16.2. The lowest BCUT2D eigenvalue weighted by molar-refractivity contribution is 0.824. The predicted octanol–water partition coefficient (Wildman–Crippen LogP) is 0.992. The number of aryl methyl sites for hydroxylation is 2. The molecule has 1 N–H and O–H groups in total. The van der Waals surface area contributed by atoms with E-state index in [1.54, 1.807) is 13.2 Å². The molecule has 0 radical (unpaired) electrons. The van der Waals surface area contributed by atoms with E-state index in [1.807, 2.05) is 31.2 Å². The van der Waals surface area contributed by atoms with Crippen LogP contribution in [0.1, 0.15) is 5.56 Å². The molecule has 0 bridgehead atoms. The fraction of sp³-hybridized carbons (Fsp3) is 0.143. The Morgan fingerprint density at radius 2 is 1.85 bits per heavy atom. The summed E-state index contributed by atoms with van der Waals surface area (Å²) in [6.45, 7) is 2.00. The fourth-order valence-corrected chi connectivity index (χ4v) is 1.98. The molecule has 0 fully saturated rings. The third-order valence-electron chi connectivity index (χ3n) is 3.16. The minimum absolute atomic E-state index is 0.158. The lowest BCUT2D eigenvalue weighted by atomic mass is 10.1. The van der Waals surface area contributed by atoms with Gasteiger partial charge in [-0.3, -0.25) is 14.3 Å². The molecule has 2 heterocycles. The zero-order chi connectivity index (χ0) is 14.3. The van der Waals surface area contributed by atoms with Crippen molar-refractivity contribution in [2.75, 3.05) is 0 Å². The molecular weight excluding hydrogens is 256 g/mol. The van der Waals surface area contributed by atoms with Gasteiger partial charge >= 0.3 is 5.69 Å². The van der Waals surface area contributed by atoms with Crippen molar-refractivity contribution in [1.82, 2.24) is 19.5 Å². The summed E-state index contributed by atoms with van der Waals surface area (Å²) in [6.07, 6.45) is 1.56. The minimum atomic E-state index is -0.524. The van der Waals surface area contributed by atoms with Gasteiger partial charge in [-0.2, -0.15) is 0 Å². The van der Waals surface area contributed by atoms with Gasteiger partial charge in [-0.1, -0.05) is 29.8 Å². The molecule has 0 atom stereocenters. The van der Waals surface area contributed by atoms with Crippen LogP contribution in [-0.4, -0.2) is 19.5 Å². The standard InChI is InChI=1S/C14H12N4O2/c1-8-3-5-9(6-4-8)10-7-15-12-11(16-10)13(19)17-14(20)18(12)2/h3-7H,1-2H3,(H,17,19,20). The summed E-state index contributed by atoms with van der Waals surface area (Å²) in [5, 5.41) is 0. The van der Waals surface area contributed by atoms with Crippen LogP contribution in [-0.2, 0) is 7.05 Å². The molecule has 0 aliphatic carbocycles. The quantitative estimate of drug-likeness (QED) is 0.713. The molecule has 0 spiro atoms. The van der Waals surface area contributed by atoms with E-state index in [1.165, 1.54) is 4.57 Å². The number of nitrogens with zero attached hydrogens (tertiary/aromatic N) is 3. The molecule has 1 aromatic carbocycles. The summed E-state index contributed by atoms with van der Waals surface area (Å²) in [5.41, 5.74) is 2.02. The van der Waals surface area contributed by atoms with Crippen LogP contribution in [0.4, 0.5) is 0 Å². The number of benzene rings is 1. The van der Waals surface area contributed by atoms with Crippen molar-refractivity contribution >= 4 is 11.2 Å². The lowest BCUT2D eigenvalue weighted by Crippen LogP contribution is -2.29. The van der Waals surface area contributed by atoms with E-state index in [-0.39, 0.29) is 11.2 Å². The van der Waals surface area contributed by atoms with Crippen molar-refractivity contribution in [3.8, 4) is 11.3 Å². The highest BCUT2D eigenvalue weighted by Gasteiger charge is 2.09. The van der Waals surface area contributed by atoms with Gasteiger partial charge in [-0.05, 0) is 6.92 Å². The van der Waals surface area contributed by atoms with Gasteiger partial charge in [-0.15, -0.1) is 0 Å². The Kier molecular flexibility index (Phi) is 2.71. The molecule has 6 nitrogen and oxygen atoms in total. The normalized spacial score (nSPS) is 10.9. The fourth-order valence-electron chi connectivity index (χ4n) is 1.98. The number of fused-ring (bicyclic) bond motifs is 1. The Hall–Kier alpha value is -2.76. The summed E-state index contributed by atoms with van der Waals surface area (Å²) in [4.78, 5) is 34.0. The third kappa shape index (κ3) is 1.91. The van der Waals surface area contributed by atoms with Crippen molar-refractivity contribution in [2.24, 2.45) is 7.05 Å². The second kappa shape index (κ2) is 4.41. The summed E-state index contributed by atoms with van der Waals surface area (Å²) in [7, 11) is 1.54. The first-order chi connectivity index (χ1) is 9.56. The zero-order valence-corrected chi connectivity index (χ0v) is 11.0. The van der Waals surface area contributed by atoms with Crippen molar-refractivity contribution in [3.63, 3.8) is 0 Å². The Balaban J connectivity index is 2.28. The molecule has 3 rings (SSSR count). The van der Waals surface area contributed by atoms with Crippen LogP contribution in [0.3, 0.4) is 0 Å². The molecule has 0 amide bonds. The molecule has 6 heteroatoms. The van der Waals surface area contributed by atoms with Gasteiger partial charge in [0, 0.05) is 12.6 Å². The van der Waals surface area contributed by atoms with E-state index in [2.05, 4.69) is 15.0 Å². The van der Waals surface area contributed by atoms with E-state index in [4.69, 9.17) is 0 Å². The topological polar surface area (TPSA) is 80.6 Å². The van der Waals surface area contributed by atoms with E-state index in [0.717, 1.165) is 11.1 Å². The van der Waals surface area contributed by atoms with E-state index < -0.39 is 11.2 Å². The molecule has 20 heavy (non-hydrogen) atoms. The van der Waals surface area contributed by atoms with E-state index in [0.29, 0.717) is 5.69 Å². The number of H-pyrrole nitrogens is 1. The number of aromatic nitrogens is 4. The number of rotatable bonds is 1. The largest absolute Gasteiger partial charge is 0.329 e. The van der Waals surface area contributed by atoms with E-state index in [9.17, 15) is 9.59 Å². The molecule has 0 aliphatic rings. The second-order valence-electron chi connectivity index (χ2n) is 4.61. The van der Waals surface area contributed by atoms with Crippen molar-refractivity contribution < 1.29 is 0 Å². The first-order valence-electron chi connectivity index (χ1n) is 6.09. The zero-order valence-electron chi connectivity index (χ0n) is 11.0. The predicted molar refractivity (Wildman–Crippen MR) is 75.6 cm³/mol. The van der Waals surface area contributed by atoms with E-state index >= 15 is 0 Å². The maximum absolute atomic E-state index is 11.8. The summed E-state index contributed by atoms with van der Waals surface area (Å²) >= 11 is 0. The molecular formula is C14H12N4O2. The van der Waals surface area contributed by atoms with Crippen LogP contribution in [0.5, 0.6) is 0 Å². The number of hydrogen-bond acceptors (Lipinski definition) is 4. The van der Waals surface area contributed by atoms with Crippen LogP contribution in [0, 0.1) is 6.92 Å². The van der Waals surface area contributed by atoms with Crippen LogP contribution in [0.15, 0.2) is 40.1 Å². The van der Waals surface area contributed by atoms with Gasteiger partial charge in [0.25, 0.3) is 5.56 Å². The van der Waals surface area contributed by atoms with Gasteiger partial charge < -0.3 is 0 Å². The Labute approximate surface area is 113 Å². The molecule has 3 aromatic rings. The third-order valence-corrected chi connectivity index (χ3v) is 3.16. The number of hydrogen-bond donors (Lipinski definition) is 1. The average molecular weight is 268 g/mol. The molecule has 0 saturated heterocycles. The first kappa shape index (κ1) is 12.3. The van der Waals surface area contributed by atoms with Gasteiger partial charge in [0.05, 0.1) is 11.9 Å². The molecule has 0 aliphatic heterocycles. The maximum Gasteiger partial charge on any atom is 0.329 e. The van der Waals surface area contributed by atoms with Crippen molar-refractivity contribution in [3.05, 3.63) is 56.9 Å². The average Bonchev–Trinajstić information content (AvgIpc) is 2.45. The van der Waals surface area contributed by atoms with Gasteiger partial charge in [0.15, 0.2) is 11.2 Å². The van der Waals surface area contributed by atoms with Crippen molar-refractivity contribution in [2.45, 2.75) is 6.92 Å². The SMILES string of the molecule is Cc1ccc(-c2cnc3c(n2)c(=O)[nH]c(=O)n3C)cc1.